The van der Waals surface area contributed by atoms with E-state index < -0.39 is 12.3 Å². The third kappa shape index (κ3) is 1.99. The summed E-state index contributed by atoms with van der Waals surface area (Å²) in [5.41, 5.74) is 0.916. The second kappa shape index (κ2) is 4.81. The summed E-state index contributed by atoms with van der Waals surface area (Å²) in [6.07, 6.45) is 8.81. The van der Waals surface area contributed by atoms with E-state index in [0.29, 0.717) is 12.3 Å². The molecule has 0 aromatic carbocycles. The number of rotatable bonds is 3. The molecule has 3 atom stereocenters. The van der Waals surface area contributed by atoms with Gasteiger partial charge < -0.3 is 5.11 Å². The number of thiazole rings is 1. The van der Waals surface area contributed by atoms with Crippen LogP contribution in [0.4, 0.5) is 4.39 Å². The van der Waals surface area contributed by atoms with Crippen molar-refractivity contribution in [3.05, 3.63) is 23.1 Å². The van der Waals surface area contributed by atoms with Crippen molar-refractivity contribution in [2.24, 2.45) is 5.92 Å². The van der Waals surface area contributed by atoms with E-state index in [9.17, 15) is 9.50 Å². The molecule has 4 rings (SSSR count). The Balaban J connectivity index is 1.74. The zero-order chi connectivity index (χ0) is 13.7. The minimum absolute atomic E-state index is 0.00754. The van der Waals surface area contributed by atoms with Crippen LogP contribution in [-0.2, 0) is 0 Å². The smallest absolute Gasteiger partial charge is 0.120 e. The molecule has 5 heteroatoms. The van der Waals surface area contributed by atoms with Crippen molar-refractivity contribution < 1.29 is 9.50 Å². The maximum Gasteiger partial charge on any atom is 0.120 e. The summed E-state index contributed by atoms with van der Waals surface area (Å²) in [6, 6.07) is 0. The third-order valence-corrected chi connectivity index (χ3v) is 6.00. The van der Waals surface area contributed by atoms with E-state index in [1.807, 2.05) is 4.40 Å². The predicted octanol–water partition coefficient (Wildman–Crippen LogP) is 3.83. The summed E-state index contributed by atoms with van der Waals surface area (Å²) in [5.74, 6) is 0.327. The summed E-state index contributed by atoms with van der Waals surface area (Å²) in [5, 5.41) is 10.8. The molecule has 2 saturated carbocycles. The van der Waals surface area contributed by atoms with Crippen molar-refractivity contribution in [2.75, 3.05) is 0 Å². The van der Waals surface area contributed by atoms with Gasteiger partial charge in [-0.25, -0.2) is 9.37 Å². The quantitative estimate of drug-likeness (QED) is 0.934. The number of alkyl halides is 1. The van der Waals surface area contributed by atoms with Gasteiger partial charge in [0.25, 0.3) is 0 Å². The van der Waals surface area contributed by atoms with Crippen LogP contribution in [0.5, 0.6) is 0 Å². The Hall–Kier alpha value is -0.940. The molecule has 1 unspecified atom stereocenters. The third-order valence-electron chi connectivity index (χ3n) is 4.76. The highest BCUT2D eigenvalue weighted by atomic mass is 32.1. The Labute approximate surface area is 121 Å². The molecule has 0 saturated heterocycles. The first-order valence-electron chi connectivity index (χ1n) is 7.52. The number of fused-ring (bicyclic) bond motifs is 1. The van der Waals surface area contributed by atoms with Crippen LogP contribution in [0.3, 0.4) is 0 Å². The first kappa shape index (κ1) is 12.8. The van der Waals surface area contributed by atoms with Crippen molar-refractivity contribution >= 4 is 16.2 Å². The zero-order valence-corrected chi connectivity index (χ0v) is 12.2. The molecule has 108 valence electrons. The molecule has 2 fully saturated rings. The number of hydrogen-bond donors (Lipinski definition) is 1. The summed E-state index contributed by atoms with van der Waals surface area (Å²) in [6.45, 7) is 0. The van der Waals surface area contributed by atoms with E-state index in [1.165, 1.54) is 19.3 Å². The number of imidazole rings is 1. The highest BCUT2D eigenvalue weighted by Crippen LogP contribution is 2.50. The van der Waals surface area contributed by atoms with Gasteiger partial charge in [0.1, 0.15) is 17.3 Å². The van der Waals surface area contributed by atoms with Crippen LogP contribution in [0.1, 0.15) is 61.1 Å². The van der Waals surface area contributed by atoms with E-state index in [0.717, 1.165) is 28.2 Å². The largest absolute Gasteiger partial charge is 0.387 e. The monoisotopic (exact) mass is 294 g/mol. The van der Waals surface area contributed by atoms with Crippen molar-refractivity contribution in [1.82, 2.24) is 9.38 Å². The van der Waals surface area contributed by atoms with Crippen molar-refractivity contribution in [1.29, 1.82) is 0 Å². The van der Waals surface area contributed by atoms with Gasteiger partial charge in [0.15, 0.2) is 0 Å². The summed E-state index contributed by atoms with van der Waals surface area (Å²) in [7, 11) is 0. The van der Waals surface area contributed by atoms with Gasteiger partial charge in [0.2, 0.25) is 0 Å². The van der Waals surface area contributed by atoms with E-state index >= 15 is 0 Å². The maximum atomic E-state index is 13.5. The van der Waals surface area contributed by atoms with Crippen LogP contribution < -0.4 is 0 Å². The van der Waals surface area contributed by atoms with E-state index in [2.05, 4.69) is 4.98 Å². The lowest BCUT2D eigenvalue weighted by molar-refractivity contribution is 0.0798. The lowest BCUT2D eigenvalue weighted by Crippen LogP contribution is -2.18. The molecule has 0 aliphatic heterocycles. The molecule has 2 aromatic rings. The number of aliphatic hydroxyl groups is 1. The second-order valence-corrected chi connectivity index (χ2v) is 7.22. The van der Waals surface area contributed by atoms with Gasteiger partial charge in [0.05, 0.1) is 18.0 Å². The molecular formula is C15H19FN2OS. The van der Waals surface area contributed by atoms with Crippen LogP contribution in [-0.4, -0.2) is 20.7 Å². The molecule has 1 N–H and O–H groups in total. The van der Waals surface area contributed by atoms with Crippen LogP contribution in [0.2, 0.25) is 0 Å². The molecule has 2 aromatic heterocycles. The SMILES string of the molecule is OC(c1c([C@@H]2C[C@@H]2F)sc2cncn12)C1CCCCC1. The molecule has 2 aliphatic carbocycles. The van der Waals surface area contributed by atoms with Gasteiger partial charge in [-0.2, -0.15) is 0 Å². The number of halogens is 1. The minimum Gasteiger partial charge on any atom is -0.387 e. The van der Waals surface area contributed by atoms with Crippen molar-refractivity contribution in [3.63, 3.8) is 0 Å². The molecule has 2 heterocycles. The van der Waals surface area contributed by atoms with Crippen molar-refractivity contribution in [3.8, 4) is 0 Å². The average molecular weight is 294 g/mol. The van der Waals surface area contributed by atoms with Gasteiger partial charge in [0, 0.05) is 10.8 Å². The Bertz CT molecular complexity index is 616. The van der Waals surface area contributed by atoms with Crippen LogP contribution >= 0.6 is 11.3 Å². The molecular weight excluding hydrogens is 275 g/mol. The fourth-order valence-corrected chi connectivity index (χ4v) is 4.79. The minimum atomic E-state index is -0.719. The van der Waals surface area contributed by atoms with Gasteiger partial charge in [-0.05, 0) is 25.2 Å². The average Bonchev–Trinajstić information content (AvgIpc) is 2.88. The topological polar surface area (TPSA) is 37.5 Å². The zero-order valence-electron chi connectivity index (χ0n) is 11.3. The van der Waals surface area contributed by atoms with Crippen LogP contribution in [0.15, 0.2) is 12.5 Å². The highest BCUT2D eigenvalue weighted by Gasteiger charge is 2.43. The lowest BCUT2D eigenvalue weighted by atomic mass is 9.83. The lowest BCUT2D eigenvalue weighted by Gasteiger charge is -2.27. The first-order chi connectivity index (χ1) is 9.75. The Morgan fingerprint density at radius 3 is 2.80 bits per heavy atom. The number of hydrogen-bond acceptors (Lipinski definition) is 3. The van der Waals surface area contributed by atoms with E-state index in [-0.39, 0.29) is 5.92 Å². The number of nitrogens with zero attached hydrogens (tertiary/aromatic N) is 2. The predicted molar refractivity (Wildman–Crippen MR) is 76.9 cm³/mol. The Morgan fingerprint density at radius 1 is 1.35 bits per heavy atom. The molecule has 20 heavy (non-hydrogen) atoms. The van der Waals surface area contributed by atoms with Gasteiger partial charge >= 0.3 is 0 Å². The molecule has 0 bridgehead atoms. The summed E-state index contributed by atoms with van der Waals surface area (Å²) < 4.78 is 15.5. The fraction of sp³-hybridized carbons (Fsp3) is 0.667. The number of aromatic nitrogens is 2. The van der Waals surface area contributed by atoms with Crippen LogP contribution in [0, 0.1) is 5.92 Å². The second-order valence-electron chi connectivity index (χ2n) is 6.15. The van der Waals surface area contributed by atoms with Gasteiger partial charge in [-0.15, -0.1) is 11.3 Å². The van der Waals surface area contributed by atoms with E-state index in [1.54, 1.807) is 23.9 Å². The van der Waals surface area contributed by atoms with Gasteiger partial charge in [-0.1, -0.05) is 19.3 Å². The summed E-state index contributed by atoms with van der Waals surface area (Å²) >= 11 is 1.60. The molecule has 0 radical (unpaired) electrons. The molecule has 3 nitrogen and oxygen atoms in total. The highest BCUT2D eigenvalue weighted by molar-refractivity contribution is 7.17. The Morgan fingerprint density at radius 2 is 2.10 bits per heavy atom. The molecule has 0 spiro atoms. The standard InChI is InChI=1S/C15H19FN2OS/c16-11-6-10(11)15-13(18-8-17-7-12(18)20-15)14(19)9-4-2-1-3-5-9/h7-11,14,19H,1-6H2/t10-,11+,14?/m1/s1. The fourth-order valence-electron chi connectivity index (χ4n) is 3.49. The van der Waals surface area contributed by atoms with Gasteiger partial charge in [-0.3, -0.25) is 4.40 Å². The normalized spacial score (nSPS) is 28.9. The number of aliphatic hydroxyl groups excluding tert-OH is 1. The van der Waals surface area contributed by atoms with E-state index in [4.69, 9.17) is 0 Å². The summed E-state index contributed by atoms with van der Waals surface area (Å²) in [4.78, 5) is 6.22. The molecule has 2 aliphatic rings. The van der Waals surface area contributed by atoms with Crippen LogP contribution in [0.25, 0.3) is 4.83 Å². The molecule has 0 amide bonds. The van der Waals surface area contributed by atoms with Crippen molar-refractivity contribution in [2.45, 2.75) is 56.7 Å². The maximum absolute atomic E-state index is 13.5. The first-order valence-corrected chi connectivity index (χ1v) is 8.34. The Kier molecular flexibility index (Phi) is 3.07.